The lowest BCUT2D eigenvalue weighted by Gasteiger charge is -2.02. The van der Waals surface area contributed by atoms with Crippen LogP contribution in [-0.2, 0) is 4.74 Å². The number of aromatic nitrogens is 2. The van der Waals surface area contributed by atoms with E-state index in [2.05, 4.69) is 9.97 Å². The summed E-state index contributed by atoms with van der Waals surface area (Å²) in [5.41, 5.74) is 0.713. The summed E-state index contributed by atoms with van der Waals surface area (Å²) >= 11 is 6.99. The van der Waals surface area contributed by atoms with Crippen molar-refractivity contribution in [2.75, 3.05) is 7.11 Å². The van der Waals surface area contributed by atoms with E-state index in [1.54, 1.807) is 6.07 Å². The molecule has 0 saturated carbocycles. The summed E-state index contributed by atoms with van der Waals surface area (Å²) in [6.45, 7) is 0. The van der Waals surface area contributed by atoms with Crippen molar-refractivity contribution in [3.05, 3.63) is 22.3 Å². The third kappa shape index (κ3) is 1.72. The fourth-order valence-electron chi connectivity index (χ4n) is 1.05. The minimum Gasteiger partial charge on any atom is -0.364 e. The second-order valence-electron chi connectivity index (χ2n) is 2.62. The molecule has 2 aromatic heterocycles. The highest BCUT2D eigenvalue weighted by Gasteiger charge is 2.11. The molecule has 0 bridgehead atoms. The Morgan fingerprint density at radius 1 is 1.64 bits per heavy atom. The average molecular weight is 231 g/mol. The summed E-state index contributed by atoms with van der Waals surface area (Å²) in [6.07, 6.45) is 0.550. The van der Waals surface area contributed by atoms with Crippen molar-refractivity contribution < 1.29 is 9.84 Å². The van der Waals surface area contributed by atoms with E-state index in [4.69, 9.17) is 16.3 Å². The fourth-order valence-corrected chi connectivity index (χ4v) is 2.18. The van der Waals surface area contributed by atoms with Crippen molar-refractivity contribution >= 4 is 33.3 Å². The average Bonchev–Trinajstić information content (AvgIpc) is 2.59. The Hall–Kier alpha value is -0.750. The smallest absolute Gasteiger partial charge is 0.190 e. The molecule has 74 valence electrons. The van der Waals surface area contributed by atoms with Crippen molar-refractivity contribution in [2.45, 2.75) is 6.29 Å². The lowest BCUT2D eigenvalue weighted by atomic mass is 10.4. The molecular weight excluding hydrogens is 224 g/mol. The molecule has 14 heavy (non-hydrogen) atoms. The Labute approximate surface area is 89.1 Å². The maximum absolute atomic E-state index is 9.40. The van der Waals surface area contributed by atoms with Gasteiger partial charge in [-0.1, -0.05) is 11.6 Å². The first kappa shape index (κ1) is 9.79. The van der Waals surface area contributed by atoms with Gasteiger partial charge >= 0.3 is 0 Å². The fraction of sp³-hybridized carbons (Fsp3) is 0.250. The number of thiophene rings is 1. The zero-order valence-electron chi connectivity index (χ0n) is 7.27. The van der Waals surface area contributed by atoms with Crippen LogP contribution in [0.3, 0.4) is 0 Å². The third-order valence-electron chi connectivity index (χ3n) is 1.70. The van der Waals surface area contributed by atoms with Crippen LogP contribution >= 0.6 is 22.9 Å². The van der Waals surface area contributed by atoms with Gasteiger partial charge in [-0.3, -0.25) is 4.98 Å². The predicted octanol–water partition coefficient (Wildman–Crippen LogP) is 1.98. The number of hydrogen-bond acceptors (Lipinski definition) is 5. The Kier molecular flexibility index (Phi) is 2.64. The molecule has 0 amide bonds. The summed E-state index contributed by atoms with van der Waals surface area (Å²) in [7, 11) is 1.43. The lowest BCUT2D eigenvalue weighted by molar-refractivity contribution is -0.0742. The minimum absolute atomic E-state index is 0.345. The largest absolute Gasteiger partial charge is 0.364 e. The molecule has 4 nitrogen and oxygen atoms in total. The van der Waals surface area contributed by atoms with Gasteiger partial charge in [0.1, 0.15) is 15.5 Å². The first-order valence-corrected chi connectivity index (χ1v) is 5.03. The number of aliphatic hydroxyl groups excluding tert-OH is 1. The van der Waals surface area contributed by atoms with Crippen LogP contribution in [0, 0.1) is 0 Å². The molecule has 2 heterocycles. The van der Waals surface area contributed by atoms with Gasteiger partial charge in [0, 0.05) is 7.11 Å². The van der Waals surface area contributed by atoms with Crippen LogP contribution in [0.15, 0.2) is 12.3 Å². The number of fused-ring (bicyclic) bond motifs is 1. The normalized spacial score (nSPS) is 13.4. The summed E-state index contributed by atoms with van der Waals surface area (Å²) in [6, 6.07) is 1.73. The Morgan fingerprint density at radius 3 is 3.14 bits per heavy atom. The van der Waals surface area contributed by atoms with Crippen molar-refractivity contribution in [3.8, 4) is 0 Å². The molecule has 0 radical (unpaired) electrons. The van der Waals surface area contributed by atoms with E-state index in [1.165, 1.54) is 24.6 Å². The molecule has 0 aliphatic carbocycles. The molecular formula is C8H7ClN2O2S. The first-order chi connectivity index (χ1) is 6.70. The van der Waals surface area contributed by atoms with E-state index in [0.29, 0.717) is 20.4 Å². The molecule has 0 aliphatic heterocycles. The SMILES string of the molecule is COC(O)c1cc2ncc(Cl)nc2s1. The standard InChI is InChI=1S/C8H7ClN2O2S/c1-13-8(12)5-2-4-7(14-5)11-6(9)3-10-4/h2-3,8,12H,1H3. The molecule has 2 aromatic rings. The highest BCUT2D eigenvalue weighted by molar-refractivity contribution is 7.18. The van der Waals surface area contributed by atoms with Crippen molar-refractivity contribution in [1.82, 2.24) is 9.97 Å². The summed E-state index contributed by atoms with van der Waals surface area (Å²) < 4.78 is 4.77. The molecule has 6 heteroatoms. The first-order valence-electron chi connectivity index (χ1n) is 3.83. The van der Waals surface area contributed by atoms with Crippen LogP contribution in [-0.4, -0.2) is 22.2 Å². The summed E-state index contributed by atoms with van der Waals surface area (Å²) in [4.78, 5) is 9.50. The molecule has 0 spiro atoms. The highest BCUT2D eigenvalue weighted by atomic mass is 35.5. The maximum atomic E-state index is 9.40. The van der Waals surface area contributed by atoms with Gasteiger partial charge in [0.15, 0.2) is 6.29 Å². The van der Waals surface area contributed by atoms with Gasteiger partial charge in [0.2, 0.25) is 0 Å². The van der Waals surface area contributed by atoms with Crippen LogP contribution in [0.25, 0.3) is 10.3 Å². The van der Waals surface area contributed by atoms with Gasteiger partial charge in [-0.05, 0) is 6.07 Å². The number of nitrogens with zero attached hydrogens (tertiary/aromatic N) is 2. The molecule has 1 N–H and O–H groups in total. The Bertz CT molecular complexity index is 460. The quantitative estimate of drug-likeness (QED) is 0.802. The van der Waals surface area contributed by atoms with E-state index < -0.39 is 6.29 Å². The van der Waals surface area contributed by atoms with Gasteiger partial charge in [0.25, 0.3) is 0 Å². The lowest BCUT2D eigenvalue weighted by Crippen LogP contribution is -1.95. The van der Waals surface area contributed by atoms with Crippen molar-refractivity contribution in [3.63, 3.8) is 0 Å². The second kappa shape index (κ2) is 3.78. The number of methoxy groups -OCH3 is 1. The van der Waals surface area contributed by atoms with E-state index >= 15 is 0 Å². The molecule has 0 aromatic carbocycles. The molecule has 1 unspecified atom stereocenters. The van der Waals surface area contributed by atoms with Crippen molar-refractivity contribution in [2.24, 2.45) is 0 Å². The number of rotatable bonds is 2. The van der Waals surface area contributed by atoms with Gasteiger partial charge in [-0.15, -0.1) is 11.3 Å². The molecule has 0 aliphatic rings. The summed E-state index contributed by atoms with van der Waals surface area (Å²) in [5.74, 6) is 0. The van der Waals surface area contributed by atoms with Gasteiger partial charge in [-0.25, -0.2) is 4.98 Å². The monoisotopic (exact) mass is 230 g/mol. The van der Waals surface area contributed by atoms with E-state index in [0.717, 1.165) is 0 Å². The maximum Gasteiger partial charge on any atom is 0.190 e. The summed E-state index contributed by atoms with van der Waals surface area (Å²) in [5, 5.41) is 9.74. The van der Waals surface area contributed by atoms with Crippen LogP contribution in [0.5, 0.6) is 0 Å². The topological polar surface area (TPSA) is 55.2 Å². The van der Waals surface area contributed by atoms with Crippen LogP contribution < -0.4 is 0 Å². The Balaban J connectivity index is 2.51. The number of ether oxygens (including phenoxy) is 1. The van der Waals surface area contributed by atoms with Gasteiger partial charge < -0.3 is 9.84 Å². The van der Waals surface area contributed by atoms with E-state index in [-0.39, 0.29) is 0 Å². The zero-order valence-corrected chi connectivity index (χ0v) is 8.84. The third-order valence-corrected chi connectivity index (χ3v) is 2.93. The van der Waals surface area contributed by atoms with Crippen molar-refractivity contribution in [1.29, 1.82) is 0 Å². The predicted molar refractivity (Wildman–Crippen MR) is 54.4 cm³/mol. The van der Waals surface area contributed by atoms with E-state index in [1.807, 2.05) is 0 Å². The molecule has 0 saturated heterocycles. The van der Waals surface area contributed by atoms with E-state index in [9.17, 15) is 5.11 Å². The zero-order chi connectivity index (χ0) is 10.1. The molecule has 1 atom stereocenters. The number of halogens is 1. The molecule has 2 rings (SSSR count). The van der Waals surface area contributed by atoms with Gasteiger partial charge in [0.05, 0.1) is 11.1 Å². The van der Waals surface area contributed by atoms with Crippen LogP contribution in [0.1, 0.15) is 11.2 Å². The minimum atomic E-state index is -0.922. The number of hydrogen-bond donors (Lipinski definition) is 1. The molecule has 0 fully saturated rings. The highest BCUT2D eigenvalue weighted by Crippen LogP contribution is 2.28. The van der Waals surface area contributed by atoms with Crippen LogP contribution in [0.2, 0.25) is 5.15 Å². The Morgan fingerprint density at radius 2 is 2.43 bits per heavy atom. The second-order valence-corrected chi connectivity index (χ2v) is 4.07. The van der Waals surface area contributed by atoms with Gasteiger partial charge in [-0.2, -0.15) is 0 Å². The number of aliphatic hydroxyl groups is 1. The van der Waals surface area contributed by atoms with Crippen LogP contribution in [0.4, 0.5) is 0 Å².